The Morgan fingerprint density at radius 2 is 2.00 bits per heavy atom. The molecule has 0 aliphatic carbocycles. The molecule has 60 valence electrons. The van der Waals surface area contributed by atoms with Gasteiger partial charge in [0, 0.05) is 0 Å². The topological polar surface area (TPSA) is 0 Å². The molecule has 0 spiro atoms. The van der Waals surface area contributed by atoms with Gasteiger partial charge in [0.1, 0.15) is 5.82 Å². The van der Waals surface area contributed by atoms with Gasteiger partial charge >= 0.3 is 0 Å². The lowest BCUT2D eigenvalue weighted by Crippen LogP contribution is -1.86. The Morgan fingerprint density at radius 1 is 1.36 bits per heavy atom. The minimum atomic E-state index is -0.681. The Hall–Kier alpha value is -0.280. The fourth-order valence-electron chi connectivity index (χ4n) is 0.696. The van der Waals surface area contributed by atoms with E-state index in [-0.39, 0.29) is 9.92 Å². The molecule has 1 aromatic carbocycles. The number of rotatable bonds is 1. The van der Waals surface area contributed by atoms with E-state index in [9.17, 15) is 8.78 Å². The van der Waals surface area contributed by atoms with Gasteiger partial charge in [0.2, 0.25) is 0 Å². The van der Waals surface area contributed by atoms with Crippen molar-refractivity contribution in [1.29, 1.82) is 0 Å². The monoisotopic (exact) mass is 194 g/mol. The normalized spacial score (nSPS) is 10.2. The van der Waals surface area contributed by atoms with Gasteiger partial charge in [-0.3, -0.25) is 0 Å². The average molecular weight is 195 g/mol. The summed E-state index contributed by atoms with van der Waals surface area (Å²) in [5.74, 6) is -1.25. The largest absolute Gasteiger partial charge is 0.206 e. The van der Waals surface area contributed by atoms with Crippen molar-refractivity contribution in [2.75, 3.05) is 6.26 Å². The highest BCUT2D eigenvalue weighted by Gasteiger charge is 2.10. The maximum atomic E-state index is 12.9. The van der Waals surface area contributed by atoms with E-state index < -0.39 is 11.6 Å². The summed E-state index contributed by atoms with van der Waals surface area (Å²) in [6.07, 6.45) is 1.60. The average Bonchev–Trinajstić information content (AvgIpc) is 1.99. The summed E-state index contributed by atoms with van der Waals surface area (Å²) in [4.78, 5) is -0.0301. The van der Waals surface area contributed by atoms with Gasteiger partial charge in [-0.15, -0.1) is 11.8 Å². The van der Waals surface area contributed by atoms with Crippen molar-refractivity contribution in [2.24, 2.45) is 0 Å². The highest BCUT2D eigenvalue weighted by Crippen LogP contribution is 2.27. The summed E-state index contributed by atoms with van der Waals surface area (Å²) < 4.78 is 25.6. The van der Waals surface area contributed by atoms with Crippen LogP contribution >= 0.6 is 23.4 Å². The molecular formula is C7H5ClF2S. The molecule has 0 aromatic heterocycles. The quantitative estimate of drug-likeness (QED) is 0.488. The third-order valence-electron chi connectivity index (χ3n) is 1.21. The number of benzene rings is 1. The zero-order chi connectivity index (χ0) is 8.43. The molecule has 0 aliphatic heterocycles. The first-order valence-corrected chi connectivity index (χ1v) is 4.44. The summed E-state index contributed by atoms with van der Waals surface area (Å²) >= 11 is 6.41. The van der Waals surface area contributed by atoms with Crippen LogP contribution in [0.4, 0.5) is 8.78 Å². The smallest absolute Gasteiger partial charge is 0.158 e. The van der Waals surface area contributed by atoms with Crippen LogP contribution in [-0.4, -0.2) is 6.26 Å². The fraction of sp³-hybridized carbons (Fsp3) is 0.143. The molecule has 0 saturated heterocycles. The molecule has 0 amide bonds. The Kier molecular flexibility index (Phi) is 2.73. The predicted molar refractivity (Wildman–Crippen MR) is 43.1 cm³/mol. The van der Waals surface area contributed by atoms with Gasteiger partial charge in [-0.05, 0) is 18.4 Å². The molecule has 0 unspecified atom stereocenters. The molecule has 4 heteroatoms. The molecule has 0 fully saturated rings. The second kappa shape index (κ2) is 3.41. The van der Waals surface area contributed by atoms with Crippen LogP contribution in [0.3, 0.4) is 0 Å². The highest BCUT2D eigenvalue weighted by atomic mass is 35.5. The summed E-state index contributed by atoms with van der Waals surface area (Å²) in [7, 11) is 0. The third kappa shape index (κ3) is 1.65. The zero-order valence-corrected chi connectivity index (χ0v) is 7.27. The summed E-state index contributed by atoms with van der Waals surface area (Å²) in [6, 6.07) is 2.35. The van der Waals surface area contributed by atoms with Crippen LogP contribution in [0.1, 0.15) is 0 Å². The minimum absolute atomic E-state index is 0.0301. The number of hydrogen-bond acceptors (Lipinski definition) is 1. The van der Waals surface area contributed by atoms with Crippen molar-refractivity contribution in [1.82, 2.24) is 0 Å². The molecule has 0 radical (unpaired) electrons. The lowest BCUT2D eigenvalue weighted by molar-refractivity contribution is 0.541. The van der Waals surface area contributed by atoms with Crippen LogP contribution in [0.5, 0.6) is 0 Å². The molecule has 1 aromatic rings. The van der Waals surface area contributed by atoms with E-state index in [0.29, 0.717) is 0 Å². The molecule has 11 heavy (non-hydrogen) atoms. The number of hydrogen-bond donors (Lipinski definition) is 0. The minimum Gasteiger partial charge on any atom is -0.206 e. The standard InChI is InChI=1S/C7H5ClF2S/c1-11-7-5(9)3-2-4(8)6(7)10/h2-3H,1H3. The van der Waals surface area contributed by atoms with Crippen LogP contribution in [0, 0.1) is 11.6 Å². The summed E-state index contributed by atoms with van der Waals surface area (Å²) in [6.45, 7) is 0. The van der Waals surface area contributed by atoms with Gasteiger partial charge in [0.15, 0.2) is 5.82 Å². The van der Waals surface area contributed by atoms with E-state index in [4.69, 9.17) is 11.6 Å². The lowest BCUT2D eigenvalue weighted by Gasteiger charge is -2.01. The van der Waals surface area contributed by atoms with Crippen molar-refractivity contribution in [3.05, 3.63) is 28.8 Å². The van der Waals surface area contributed by atoms with Crippen molar-refractivity contribution in [3.8, 4) is 0 Å². The van der Waals surface area contributed by atoms with Gasteiger partial charge in [-0.2, -0.15) is 0 Å². The Labute approximate surface area is 72.6 Å². The molecule has 1 rings (SSSR count). The Morgan fingerprint density at radius 3 is 2.45 bits per heavy atom. The van der Waals surface area contributed by atoms with E-state index in [1.807, 2.05) is 0 Å². The van der Waals surface area contributed by atoms with Crippen molar-refractivity contribution in [3.63, 3.8) is 0 Å². The van der Waals surface area contributed by atoms with E-state index in [0.717, 1.165) is 17.8 Å². The molecular weight excluding hydrogens is 190 g/mol. The van der Waals surface area contributed by atoms with Crippen LogP contribution in [-0.2, 0) is 0 Å². The van der Waals surface area contributed by atoms with E-state index in [1.54, 1.807) is 6.26 Å². The van der Waals surface area contributed by atoms with Crippen LogP contribution < -0.4 is 0 Å². The molecule has 0 bridgehead atoms. The first-order chi connectivity index (χ1) is 5.16. The number of thioether (sulfide) groups is 1. The van der Waals surface area contributed by atoms with Crippen molar-refractivity contribution >= 4 is 23.4 Å². The van der Waals surface area contributed by atoms with Gasteiger partial charge in [-0.25, -0.2) is 8.78 Å². The van der Waals surface area contributed by atoms with Crippen molar-refractivity contribution < 1.29 is 8.78 Å². The molecule has 0 nitrogen and oxygen atoms in total. The number of halogens is 3. The highest BCUT2D eigenvalue weighted by molar-refractivity contribution is 7.98. The van der Waals surface area contributed by atoms with Gasteiger partial charge in [0.25, 0.3) is 0 Å². The predicted octanol–water partition coefficient (Wildman–Crippen LogP) is 3.34. The lowest BCUT2D eigenvalue weighted by atomic mass is 10.3. The molecule has 0 N–H and O–H groups in total. The van der Waals surface area contributed by atoms with Crippen molar-refractivity contribution in [2.45, 2.75) is 4.90 Å². The SMILES string of the molecule is CSc1c(F)ccc(Cl)c1F. The van der Waals surface area contributed by atoms with Crippen LogP contribution in [0.2, 0.25) is 5.02 Å². The maximum absolute atomic E-state index is 12.9. The second-order valence-corrected chi connectivity index (χ2v) is 3.10. The summed E-state index contributed by atoms with van der Waals surface area (Å²) in [5, 5.41) is -0.0456. The van der Waals surface area contributed by atoms with Gasteiger partial charge < -0.3 is 0 Å². The zero-order valence-electron chi connectivity index (χ0n) is 5.70. The summed E-state index contributed by atoms with van der Waals surface area (Å²) in [5.41, 5.74) is 0. The maximum Gasteiger partial charge on any atom is 0.158 e. The van der Waals surface area contributed by atoms with Gasteiger partial charge in [0.05, 0.1) is 9.92 Å². The van der Waals surface area contributed by atoms with E-state index in [2.05, 4.69) is 0 Å². The first kappa shape index (κ1) is 8.81. The van der Waals surface area contributed by atoms with Crippen LogP contribution in [0.15, 0.2) is 17.0 Å². The fourth-order valence-corrected chi connectivity index (χ4v) is 1.46. The Balaban J connectivity index is 3.29. The van der Waals surface area contributed by atoms with E-state index >= 15 is 0 Å². The van der Waals surface area contributed by atoms with Crippen LogP contribution in [0.25, 0.3) is 0 Å². The first-order valence-electron chi connectivity index (χ1n) is 2.84. The third-order valence-corrected chi connectivity index (χ3v) is 2.28. The molecule has 0 atom stereocenters. The van der Waals surface area contributed by atoms with Gasteiger partial charge in [-0.1, -0.05) is 11.6 Å². The Bertz CT molecular complexity index is 275. The molecule has 0 saturated carbocycles. The molecule has 0 aliphatic rings. The molecule has 0 heterocycles. The van der Waals surface area contributed by atoms with E-state index in [1.165, 1.54) is 6.07 Å². The second-order valence-electron chi connectivity index (χ2n) is 1.88.